The van der Waals surface area contributed by atoms with Crippen LogP contribution in [0.5, 0.6) is 5.75 Å². The number of methoxy groups -OCH3 is 1. The molecule has 1 N–H and O–H groups in total. The Labute approximate surface area is 132 Å². The number of nitrogens with one attached hydrogen (secondary N) is 1. The molecule has 2 aliphatic rings. The lowest BCUT2D eigenvalue weighted by Gasteiger charge is -2.19. The molecule has 23 heavy (non-hydrogen) atoms. The number of carbonyl (C=O) groups excluding carboxylic acids is 2. The molecule has 8 nitrogen and oxygen atoms in total. The van der Waals surface area contributed by atoms with E-state index in [4.69, 9.17) is 4.74 Å². The van der Waals surface area contributed by atoms with Crippen molar-refractivity contribution >= 4 is 23.2 Å². The monoisotopic (exact) mass is 319 g/mol. The fraction of sp³-hybridized carbons (Fsp3) is 0.467. The second-order valence-electron chi connectivity index (χ2n) is 5.72. The topological polar surface area (TPSA) is 102 Å². The largest absolute Gasteiger partial charge is 0.494 e. The van der Waals surface area contributed by atoms with Crippen LogP contribution in [0.25, 0.3) is 0 Å². The smallest absolute Gasteiger partial charge is 0.234 e. The van der Waals surface area contributed by atoms with E-state index in [2.05, 4.69) is 5.32 Å². The van der Waals surface area contributed by atoms with E-state index in [0.717, 1.165) is 6.42 Å². The van der Waals surface area contributed by atoms with Crippen LogP contribution in [0.2, 0.25) is 0 Å². The summed E-state index contributed by atoms with van der Waals surface area (Å²) in [5.74, 6) is -0.402. The van der Waals surface area contributed by atoms with Crippen LogP contribution in [0.15, 0.2) is 18.2 Å². The molecule has 0 spiro atoms. The predicted octanol–water partition coefficient (Wildman–Crippen LogP) is 1.43. The Balaban J connectivity index is 1.73. The highest BCUT2D eigenvalue weighted by Crippen LogP contribution is 2.36. The normalized spacial score (nSPS) is 22.8. The SMILES string of the molecule is COc1cc(NC(=O)[C@H]2C[C@H]2[N+](=O)[O-])ccc1N1CCCC1=O. The third-order valence-electron chi connectivity index (χ3n) is 4.18. The molecule has 2 fully saturated rings. The van der Waals surface area contributed by atoms with E-state index in [1.54, 1.807) is 23.1 Å². The van der Waals surface area contributed by atoms with Gasteiger partial charge in [0.1, 0.15) is 11.7 Å². The van der Waals surface area contributed by atoms with Crippen LogP contribution in [0.1, 0.15) is 19.3 Å². The van der Waals surface area contributed by atoms with Gasteiger partial charge >= 0.3 is 0 Å². The van der Waals surface area contributed by atoms with Crippen LogP contribution < -0.4 is 15.0 Å². The molecule has 122 valence electrons. The summed E-state index contributed by atoms with van der Waals surface area (Å²) in [6, 6.07) is 4.24. The van der Waals surface area contributed by atoms with Gasteiger partial charge in [-0.05, 0) is 18.6 Å². The Bertz CT molecular complexity index is 675. The highest BCUT2D eigenvalue weighted by Gasteiger charge is 2.53. The van der Waals surface area contributed by atoms with Crippen LogP contribution in [0.4, 0.5) is 11.4 Å². The van der Waals surface area contributed by atoms with Crippen molar-refractivity contribution in [2.45, 2.75) is 25.3 Å². The maximum atomic E-state index is 12.0. The van der Waals surface area contributed by atoms with E-state index in [9.17, 15) is 19.7 Å². The zero-order valence-corrected chi connectivity index (χ0v) is 12.7. The van der Waals surface area contributed by atoms with Gasteiger partial charge in [0.2, 0.25) is 17.9 Å². The summed E-state index contributed by atoms with van der Waals surface area (Å²) in [7, 11) is 1.49. The Morgan fingerprint density at radius 1 is 1.48 bits per heavy atom. The Morgan fingerprint density at radius 2 is 2.26 bits per heavy atom. The van der Waals surface area contributed by atoms with Gasteiger partial charge < -0.3 is 15.0 Å². The molecule has 2 amide bonds. The maximum Gasteiger partial charge on any atom is 0.234 e. The molecule has 0 unspecified atom stereocenters. The van der Waals surface area contributed by atoms with E-state index in [-0.39, 0.29) is 18.2 Å². The first kappa shape index (κ1) is 15.3. The van der Waals surface area contributed by atoms with Crippen molar-refractivity contribution in [3.63, 3.8) is 0 Å². The van der Waals surface area contributed by atoms with Crippen molar-refractivity contribution in [3.8, 4) is 5.75 Å². The van der Waals surface area contributed by atoms with Gasteiger partial charge in [-0.2, -0.15) is 0 Å². The fourth-order valence-electron chi connectivity index (χ4n) is 2.81. The molecule has 1 saturated carbocycles. The molecule has 2 atom stereocenters. The first-order valence-corrected chi connectivity index (χ1v) is 7.44. The molecule has 0 aromatic heterocycles. The molecule has 0 bridgehead atoms. The highest BCUT2D eigenvalue weighted by molar-refractivity contribution is 5.98. The summed E-state index contributed by atoms with van der Waals surface area (Å²) in [6.45, 7) is 0.646. The summed E-state index contributed by atoms with van der Waals surface area (Å²) >= 11 is 0. The minimum atomic E-state index is -0.779. The van der Waals surface area contributed by atoms with Crippen molar-refractivity contribution in [1.82, 2.24) is 0 Å². The van der Waals surface area contributed by atoms with Gasteiger partial charge in [0.25, 0.3) is 0 Å². The average Bonchev–Trinajstić information content (AvgIpc) is 3.23. The number of amides is 2. The van der Waals surface area contributed by atoms with Gasteiger partial charge in [0.15, 0.2) is 0 Å². The summed E-state index contributed by atoms with van der Waals surface area (Å²) in [5, 5.41) is 13.3. The van der Waals surface area contributed by atoms with E-state index in [0.29, 0.717) is 30.1 Å². The highest BCUT2D eigenvalue weighted by atomic mass is 16.6. The third kappa shape index (κ3) is 2.96. The number of anilines is 2. The van der Waals surface area contributed by atoms with E-state index in [1.165, 1.54) is 7.11 Å². The lowest BCUT2D eigenvalue weighted by atomic mass is 10.2. The van der Waals surface area contributed by atoms with Crippen LogP contribution in [-0.4, -0.2) is 36.4 Å². The zero-order valence-electron chi connectivity index (χ0n) is 12.7. The van der Waals surface area contributed by atoms with Gasteiger partial charge in [-0.15, -0.1) is 0 Å². The molecule has 1 heterocycles. The van der Waals surface area contributed by atoms with Crippen molar-refractivity contribution in [2.75, 3.05) is 23.9 Å². The molecule has 1 aromatic rings. The molecular weight excluding hydrogens is 302 g/mol. The zero-order chi connectivity index (χ0) is 16.6. The van der Waals surface area contributed by atoms with E-state index in [1.807, 2.05) is 0 Å². The van der Waals surface area contributed by atoms with E-state index < -0.39 is 16.9 Å². The van der Waals surface area contributed by atoms with Crippen molar-refractivity contribution < 1.29 is 19.2 Å². The molecule has 1 aliphatic heterocycles. The third-order valence-corrected chi connectivity index (χ3v) is 4.18. The van der Waals surface area contributed by atoms with Crippen molar-refractivity contribution in [2.24, 2.45) is 5.92 Å². The number of rotatable bonds is 5. The average molecular weight is 319 g/mol. The van der Waals surface area contributed by atoms with Gasteiger partial charge in [0, 0.05) is 36.1 Å². The second kappa shape index (κ2) is 5.86. The summed E-state index contributed by atoms with van der Waals surface area (Å²) in [4.78, 5) is 35.7. The second-order valence-corrected chi connectivity index (χ2v) is 5.72. The summed E-state index contributed by atoms with van der Waals surface area (Å²) in [6.07, 6.45) is 1.60. The number of nitro groups is 1. The van der Waals surface area contributed by atoms with Crippen molar-refractivity contribution in [1.29, 1.82) is 0 Å². The molecule has 8 heteroatoms. The minimum absolute atomic E-state index is 0.0480. The maximum absolute atomic E-state index is 12.0. The van der Waals surface area contributed by atoms with Crippen LogP contribution in [-0.2, 0) is 9.59 Å². The number of hydrogen-bond donors (Lipinski definition) is 1. The number of hydrogen-bond acceptors (Lipinski definition) is 5. The quantitative estimate of drug-likeness (QED) is 0.653. The van der Waals surface area contributed by atoms with Crippen molar-refractivity contribution in [3.05, 3.63) is 28.3 Å². The minimum Gasteiger partial charge on any atom is -0.494 e. The molecule has 3 rings (SSSR count). The predicted molar refractivity (Wildman–Crippen MR) is 82.1 cm³/mol. The standard InChI is InChI=1S/C15H17N3O5/c1-23-13-7-9(16-15(20)10-8-12(10)18(21)22)4-5-11(13)17-6-2-3-14(17)19/h4-5,7,10,12H,2-3,6,8H2,1H3,(H,16,20)/t10-,12+/m0/s1. The number of nitrogens with zero attached hydrogens (tertiary/aromatic N) is 2. The van der Waals surface area contributed by atoms with Crippen LogP contribution in [0.3, 0.4) is 0 Å². The van der Waals surface area contributed by atoms with Gasteiger partial charge in [-0.3, -0.25) is 19.7 Å². The molecule has 0 radical (unpaired) electrons. The summed E-state index contributed by atoms with van der Waals surface area (Å²) in [5.41, 5.74) is 1.17. The molecule has 1 saturated heterocycles. The van der Waals surface area contributed by atoms with Crippen LogP contribution in [0, 0.1) is 16.0 Å². The lowest BCUT2D eigenvalue weighted by molar-refractivity contribution is -0.497. The fourth-order valence-corrected chi connectivity index (χ4v) is 2.81. The van der Waals surface area contributed by atoms with E-state index >= 15 is 0 Å². The Morgan fingerprint density at radius 3 is 2.83 bits per heavy atom. The number of ether oxygens (including phenoxy) is 1. The number of carbonyl (C=O) groups is 2. The molecule has 1 aromatic carbocycles. The van der Waals surface area contributed by atoms with Gasteiger partial charge in [-0.25, -0.2) is 0 Å². The number of benzene rings is 1. The van der Waals surface area contributed by atoms with Gasteiger partial charge in [-0.1, -0.05) is 0 Å². The lowest BCUT2D eigenvalue weighted by Crippen LogP contribution is -2.24. The first-order chi connectivity index (χ1) is 11.0. The molecular formula is C15H17N3O5. The Hall–Kier alpha value is -2.64. The first-order valence-electron chi connectivity index (χ1n) is 7.44. The Kier molecular flexibility index (Phi) is 3.89. The summed E-state index contributed by atoms with van der Waals surface area (Å²) < 4.78 is 5.31. The van der Waals surface area contributed by atoms with Gasteiger partial charge in [0.05, 0.1) is 12.8 Å². The molecule has 1 aliphatic carbocycles. The van der Waals surface area contributed by atoms with Crippen LogP contribution >= 0.6 is 0 Å².